The summed E-state index contributed by atoms with van der Waals surface area (Å²) in [5.41, 5.74) is 8.68. The second-order valence-electron chi connectivity index (χ2n) is 13.7. The van der Waals surface area contributed by atoms with E-state index in [9.17, 15) is 0 Å². The van der Waals surface area contributed by atoms with E-state index in [2.05, 4.69) is 182 Å². The lowest BCUT2D eigenvalue weighted by Gasteiger charge is -2.13. The molecular formula is C50H30N2S. The Morgan fingerprint density at radius 2 is 0.830 bits per heavy atom. The van der Waals surface area contributed by atoms with Crippen molar-refractivity contribution in [3.05, 3.63) is 182 Å². The van der Waals surface area contributed by atoms with Crippen molar-refractivity contribution in [3.8, 4) is 44.9 Å². The lowest BCUT2D eigenvalue weighted by atomic mass is 9.91. The highest BCUT2D eigenvalue weighted by Crippen LogP contribution is 2.42. The summed E-state index contributed by atoms with van der Waals surface area (Å²) in [6.07, 6.45) is 0. The largest absolute Gasteiger partial charge is 0.228 e. The van der Waals surface area contributed by atoms with Crippen molar-refractivity contribution in [1.82, 2.24) is 9.97 Å². The predicted octanol–water partition coefficient (Wildman–Crippen LogP) is 14.1. The van der Waals surface area contributed by atoms with Crippen LogP contribution in [0.5, 0.6) is 0 Å². The van der Waals surface area contributed by atoms with Crippen LogP contribution in [0.2, 0.25) is 0 Å². The zero-order valence-electron chi connectivity index (χ0n) is 28.6. The third kappa shape index (κ3) is 4.86. The SMILES string of the molecule is c1ccc(-c2nc(-c3cccc(-c4cccc(-c5ccc6c7ccccc7c7ccccc7c6c5)c4)c3)nc3ccc4c5ccccc5sc4c23)cc1. The summed E-state index contributed by atoms with van der Waals surface area (Å²) in [7, 11) is 0. The molecule has 0 aliphatic heterocycles. The molecule has 0 bridgehead atoms. The highest BCUT2D eigenvalue weighted by atomic mass is 32.1. The molecule has 11 aromatic rings. The molecule has 0 amide bonds. The van der Waals surface area contributed by atoms with Gasteiger partial charge in [-0.1, -0.05) is 152 Å². The van der Waals surface area contributed by atoms with E-state index >= 15 is 0 Å². The van der Waals surface area contributed by atoms with Gasteiger partial charge >= 0.3 is 0 Å². The third-order valence-electron chi connectivity index (χ3n) is 10.6. The summed E-state index contributed by atoms with van der Waals surface area (Å²) in [6, 6.07) is 65.5. The van der Waals surface area contributed by atoms with Crippen LogP contribution in [0.4, 0.5) is 0 Å². The summed E-state index contributed by atoms with van der Waals surface area (Å²) in [6.45, 7) is 0. The molecule has 246 valence electrons. The monoisotopic (exact) mass is 690 g/mol. The van der Waals surface area contributed by atoms with E-state index in [1.165, 1.54) is 63.6 Å². The number of fused-ring (bicyclic) bond motifs is 11. The molecule has 0 fully saturated rings. The van der Waals surface area contributed by atoms with Crippen LogP contribution in [0.3, 0.4) is 0 Å². The lowest BCUT2D eigenvalue weighted by molar-refractivity contribution is 1.23. The maximum atomic E-state index is 5.33. The molecule has 0 radical (unpaired) electrons. The Hall–Kier alpha value is -6.68. The van der Waals surface area contributed by atoms with Gasteiger partial charge in [0.15, 0.2) is 5.82 Å². The number of hydrogen-bond acceptors (Lipinski definition) is 3. The van der Waals surface area contributed by atoms with Crippen LogP contribution in [0.25, 0.3) is 108 Å². The van der Waals surface area contributed by atoms with Crippen molar-refractivity contribution < 1.29 is 0 Å². The van der Waals surface area contributed by atoms with Crippen molar-refractivity contribution in [3.63, 3.8) is 0 Å². The molecular weight excluding hydrogens is 661 g/mol. The fourth-order valence-corrected chi connectivity index (χ4v) is 9.38. The van der Waals surface area contributed by atoms with E-state index in [0.717, 1.165) is 44.7 Å². The van der Waals surface area contributed by atoms with Crippen molar-refractivity contribution in [2.24, 2.45) is 0 Å². The predicted molar refractivity (Wildman–Crippen MR) is 227 cm³/mol. The summed E-state index contributed by atoms with van der Waals surface area (Å²) in [5, 5.41) is 11.4. The molecule has 0 unspecified atom stereocenters. The van der Waals surface area contributed by atoms with Gasteiger partial charge in [0.1, 0.15) is 0 Å². The molecule has 0 atom stereocenters. The first kappa shape index (κ1) is 30.0. The number of thiophene rings is 1. The van der Waals surface area contributed by atoms with Crippen LogP contribution >= 0.6 is 11.3 Å². The highest BCUT2D eigenvalue weighted by Gasteiger charge is 2.18. The number of nitrogens with zero attached hydrogens (tertiary/aromatic N) is 2. The number of benzene rings is 9. The summed E-state index contributed by atoms with van der Waals surface area (Å²) >= 11 is 1.82. The maximum Gasteiger partial charge on any atom is 0.160 e. The molecule has 2 nitrogen and oxygen atoms in total. The molecule has 53 heavy (non-hydrogen) atoms. The highest BCUT2D eigenvalue weighted by molar-refractivity contribution is 7.26. The smallest absolute Gasteiger partial charge is 0.160 e. The lowest BCUT2D eigenvalue weighted by Crippen LogP contribution is -1.95. The number of rotatable bonds is 4. The second kappa shape index (κ2) is 11.9. The zero-order chi connectivity index (χ0) is 34.9. The first-order valence-corrected chi connectivity index (χ1v) is 18.8. The van der Waals surface area contributed by atoms with Crippen LogP contribution in [0.1, 0.15) is 0 Å². The molecule has 0 saturated carbocycles. The van der Waals surface area contributed by atoms with Crippen LogP contribution < -0.4 is 0 Å². The van der Waals surface area contributed by atoms with Crippen LogP contribution in [-0.2, 0) is 0 Å². The molecule has 0 aliphatic rings. The molecule has 3 heteroatoms. The Labute approximate surface area is 310 Å². The second-order valence-corrected chi connectivity index (χ2v) is 14.8. The summed E-state index contributed by atoms with van der Waals surface area (Å²) in [5.74, 6) is 0.725. The van der Waals surface area contributed by atoms with E-state index in [0.29, 0.717) is 0 Å². The van der Waals surface area contributed by atoms with Gasteiger partial charge in [0.2, 0.25) is 0 Å². The van der Waals surface area contributed by atoms with E-state index < -0.39 is 0 Å². The van der Waals surface area contributed by atoms with Gasteiger partial charge in [-0.3, -0.25) is 0 Å². The van der Waals surface area contributed by atoms with Crippen molar-refractivity contribution >= 4 is 74.7 Å². The Morgan fingerprint density at radius 3 is 1.53 bits per heavy atom. The average Bonchev–Trinajstić information content (AvgIpc) is 3.63. The Balaban J connectivity index is 1.04. The maximum absolute atomic E-state index is 5.33. The van der Waals surface area contributed by atoms with Crippen LogP contribution in [-0.4, -0.2) is 9.97 Å². The molecule has 9 aromatic carbocycles. The Kier molecular flexibility index (Phi) is 6.76. The fraction of sp³-hybridized carbons (Fsp3) is 0. The van der Waals surface area contributed by atoms with E-state index in [-0.39, 0.29) is 0 Å². The van der Waals surface area contributed by atoms with E-state index in [1.807, 2.05) is 11.3 Å². The molecule has 2 heterocycles. The van der Waals surface area contributed by atoms with Crippen molar-refractivity contribution in [1.29, 1.82) is 0 Å². The summed E-state index contributed by atoms with van der Waals surface area (Å²) in [4.78, 5) is 10.6. The molecule has 11 rings (SSSR count). The van der Waals surface area contributed by atoms with Gasteiger partial charge < -0.3 is 0 Å². The topological polar surface area (TPSA) is 25.8 Å². The third-order valence-corrected chi connectivity index (χ3v) is 11.9. The van der Waals surface area contributed by atoms with Gasteiger partial charge in [-0.05, 0) is 84.9 Å². The Morgan fingerprint density at radius 1 is 0.321 bits per heavy atom. The average molecular weight is 691 g/mol. The molecule has 0 spiro atoms. The van der Waals surface area contributed by atoms with Crippen LogP contribution in [0.15, 0.2) is 182 Å². The number of aromatic nitrogens is 2. The molecule has 0 aliphatic carbocycles. The van der Waals surface area contributed by atoms with Gasteiger partial charge in [0.05, 0.1) is 11.2 Å². The van der Waals surface area contributed by atoms with Gasteiger partial charge in [-0.2, -0.15) is 0 Å². The molecule has 0 saturated heterocycles. The zero-order valence-corrected chi connectivity index (χ0v) is 29.4. The summed E-state index contributed by atoms with van der Waals surface area (Å²) < 4.78 is 2.51. The van der Waals surface area contributed by atoms with Crippen LogP contribution in [0, 0.1) is 0 Å². The van der Waals surface area contributed by atoms with Gasteiger partial charge in [-0.25, -0.2) is 9.97 Å². The van der Waals surface area contributed by atoms with Gasteiger partial charge in [0, 0.05) is 36.7 Å². The minimum absolute atomic E-state index is 0.725. The van der Waals surface area contributed by atoms with Crippen molar-refractivity contribution in [2.75, 3.05) is 0 Å². The molecule has 2 aromatic heterocycles. The fourth-order valence-electron chi connectivity index (χ4n) is 8.14. The standard InChI is InChI=1S/C50H30N2S/c1-2-12-31(13-3-1)48-47-45(27-26-43-42-22-8-9-23-46(42)53-49(43)47)51-50(52-48)36-17-11-16-34(29-36)32-14-10-15-33(28-32)35-24-25-41-39-20-5-4-18-37(39)38-19-6-7-21-40(38)44(41)30-35/h1-30H. The van der Waals surface area contributed by atoms with E-state index in [1.54, 1.807) is 0 Å². The molecule has 0 N–H and O–H groups in total. The Bertz CT molecular complexity index is 3200. The van der Waals surface area contributed by atoms with Gasteiger partial charge in [0.25, 0.3) is 0 Å². The van der Waals surface area contributed by atoms with E-state index in [4.69, 9.17) is 9.97 Å². The van der Waals surface area contributed by atoms with Crippen molar-refractivity contribution in [2.45, 2.75) is 0 Å². The van der Waals surface area contributed by atoms with Gasteiger partial charge in [-0.15, -0.1) is 11.3 Å². The first-order valence-electron chi connectivity index (χ1n) is 18.0. The number of hydrogen-bond donors (Lipinski definition) is 0. The minimum atomic E-state index is 0.725. The minimum Gasteiger partial charge on any atom is -0.228 e. The quantitative estimate of drug-likeness (QED) is 0.172. The normalized spacial score (nSPS) is 11.8. The first-order chi connectivity index (χ1) is 26.3.